The first-order valence-electron chi connectivity index (χ1n) is 9.84. The van der Waals surface area contributed by atoms with Crippen molar-refractivity contribution in [2.24, 2.45) is 0 Å². The summed E-state index contributed by atoms with van der Waals surface area (Å²) < 4.78 is 1.91. The number of hydrogen-bond donors (Lipinski definition) is 2. The number of aromatic nitrogens is 2. The minimum Gasteiger partial charge on any atom is -0.348 e. The van der Waals surface area contributed by atoms with Crippen LogP contribution in [-0.4, -0.2) is 27.4 Å². The third-order valence-electron chi connectivity index (χ3n) is 5.15. The molecule has 1 aromatic heterocycles. The third kappa shape index (κ3) is 4.21. The first-order valence-corrected chi connectivity index (χ1v) is 9.84. The molecule has 27 heavy (non-hydrogen) atoms. The highest BCUT2D eigenvalue weighted by molar-refractivity contribution is 6.03. The molecule has 0 saturated carbocycles. The van der Waals surface area contributed by atoms with E-state index in [4.69, 9.17) is 0 Å². The van der Waals surface area contributed by atoms with Gasteiger partial charge in [0.25, 0.3) is 11.8 Å². The van der Waals surface area contributed by atoms with Gasteiger partial charge in [0, 0.05) is 18.3 Å². The molecule has 2 N–H and O–H groups in total. The Labute approximate surface area is 160 Å². The zero-order chi connectivity index (χ0) is 19.4. The van der Waals surface area contributed by atoms with Crippen molar-refractivity contribution >= 4 is 17.5 Å². The molecular formula is C21H28N4O2. The smallest absolute Gasteiger partial charge is 0.291 e. The number of carbonyl (C=O) groups excluding carboxylic acids is 2. The number of carbonyl (C=O) groups is 2. The maximum Gasteiger partial charge on any atom is 0.291 e. The van der Waals surface area contributed by atoms with Crippen molar-refractivity contribution in [2.45, 2.75) is 65.5 Å². The molecule has 6 heteroatoms. The molecule has 0 bridgehead atoms. The average molecular weight is 368 g/mol. The number of amides is 2. The molecule has 1 aliphatic rings. The Balaban J connectivity index is 1.85. The third-order valence-corrected chi connectivity index (χ3v) is 5.15. The van der Waals surface area contributed by atoms with Crippen LogP contribution in [0.4, 0.5) is 5.69 Å². The molecule has 3 rings (SSSR count). The van der Waals surface area contributed by atoms with Crippen molar-refractivity contribution in [3.05, 3.63) is 47.0 Å². The van der Waals surface area contributed by atoms with Crippen molar-refractivity contribution in [1.82, 2.24) is 14.9 Å². The average Bonchev–Trinajstić information content (AvgIpc) is 3.08. The summed E-state index contributed by atoms with van der Waals surface area (Å²) in [6.45, 7) is 6.80. The number of imidazole rings is 1. The van der Waals surface area contributed by atoms with E-state index in [0.29, 0.717) is 11.5 Å². The van der Waals surface area contributed by atoms with Crippen LogP contribution in [0.1, 0.15) is 72.4 Å². The van der Waals surface area contributed by atoms with Crippen LogP contribution in [0, 0.1) is 0 Å². The SMILES string of the molecule is CCc1ccc(NC(=O)c2nc(C(=O)NC(C)CC)c3n2CCCC3)cc1. The Morgan fingerprint density at radius 2 is 1.89 bits per heavy atom. The molecule has 2 amide bonds. The fourth-order valence-electron chi connectivity index (χ4n) is 3.30. The first-order chi connectivity index (χ1) is 13.0. The highest BCUT2D eigenvalue weighted by Gasteiger charge is 2.27. The van der Waals surface area contributed by atoms with Crippen LogP contribution >= 0.6 is 0 Å². The number of rotatable bonds is 6. The number of benzene rings is 1. The van der Waals surface area contributed by atoms with Gasteiger partial charge >= 0.3 is 0 Å². The van der Waals surface area contributed by atoms with Gasteiger partial charge in [-0.2, -0.15) is 0 Å². The summed E-state index contributed by atoms with van der Waals surface area (Å²) in [5.74, 6) is -0.148. The topological polar surface area (TPSA) is 76.0 Å². The second-order valence-electron chi connectivity index (χ2n) is 7.13. The molecule has 0 saturated heterocycles. The van der Waals surface area contributed by atoms with Gasteiger partial charge in [-0.25, -0.2) is 4.98 Å². The molecule has 2 heterocycles. The van der Waals surface area contributed by atoms with Gasteiger partial charge in [-0.1, -0.05) is 26.0 Å². The van der Waals surface area contributed by atoms with E-state index < -0.39 is 0 Å². The van der Waals surface area contributed by atoms with E-state index in [1.807, 2.05) is 42.7 Å². The molecule has 2 aromatic rings. The number of aryl methyl sites for hydroxylation is 1. The van der Waals surface area contributed by atoms with Gasteiger partial charge in [-0.3, -0.25) is 9.59 Å². The molecular weight excluding hydrogens is 340 g/mol. The molecule has 6 nitrogen and oxygen atoms in total. The summed E-state index contributed by atoms with van der Waals surface area (Å²) >= 11 is 0. The van der Waals surface area contributed by atoms with Crippen LogP contribution in [0.3, 0.4) is 0 Å². The molecule has 1 aromatic carbocycles. The molecule has 1 aliphatic heterocycles. The largest absolute Gasteiger partial charge is 0.348 e. The standard InChI is InChI=1S/C21H28N4O2/c1-4-14(3)22-20(26)18-17-8-6-7-13-25(17)19(24-18)21(27)23-16-11-9-15(5-2)10-12-16/h9-12,14H,4-8,13H2,1-3H3,(H,22,26)(H,23,27). The predicted octanol–water partition coefficient (Wildman–Crippen LogP) is 3.56. The molecule has 0 fully saturated rings. The molecule has 1 unspecified atom stereocenters. The van der Waals surface area contributed by atoms with Gasteiger partial charge in [0.1, 0.15) is 5.69 Å². The Hall–Kier alpha value is -2.63. The molecule has 0 spiro atoms. The van der Waals surface area contributed by atoms with Crippen molar-refractivity contribution in [2.75, 3.05) is 5.32 Å². The van der Waals surface area contributed by atoms with E-state index in [2.05, 4.69) is 22.5 Å². The lowest BCUT2D eigenvalue weighted by molar-refractivity contribution is 0.0933. The van der Waals surface area contributed by atoms with E-state index in [1.54, 1.807) is 0 Å². The van der Waals surface area contributed by atoms with Crippen LogP contribution in [0.5, 0.6) is 0 Å². The zero-order valence-corrected chi connectivity index (χ0v) is 16.3. The second-order valence-corrected chi connectivity index (χ2v) is 7.13. The zero-order valence-electron chi connectivity index (χ0n) is 16.3. The van der Waals surface area contributed by atoms with E-state index in [1.165, 1.54) is 5.56 Å². The monoisotopic (exact) mass is 368 g/mol. The van der Waals surface area contributed by atoms with Crippen molar-refractivity contribution < 1.29 is 9.59 Å². The highest BCUT2D eigenvalue weighted by Crippen LogP contribution is 2.22. The van der Waals surface area contributed by atoms with Crippen LogP contribution in [0.25, 0.3) is 0 Å². The van der Waals surface area contributed by atoms with Gasteiger partial charge in [-0.05, 0) is 56.7 Å². The lowest BCUT2D eigenvalue weighted by Crippen LogP contribution is -2.33. The Bertz CT molecular complexity index is 823. The van der Waals surface area contributed by atoms with Crippen LogP contribution in [0.15, 0.2) is 24.3 Å². The van der Waals surface area contributed by atoms with Crippen molar-refractivity contribution in [3.8, 4) is 0 Å². The van der Waals surface area contributed by atoms with Crippen LogP contribution in [0.2, 0.25) is 0 Å². The normalized spacial score (nSPS) is 14.3. The minimum atomic E-state index is -0.273. The summed E-state index contributed by atoms with van der Waals surface area (Å²) in [5, 5.41) is 5.87. The number of anilines is 1. The molecule has 144 valence electrons. The van der Waals surface area contributed by atoms with E-state index >= 15 is 0 Å². The predicted molar refractivity (Wildman–Crippen MR) is 106 cm³/mol. The number of fused-ring (bicyclic) bond motifs is 1. The fourth-order valence-corrected chi connectivity index (χ4v) is 3.30. The van der Waals surface area contributed by atoms with E-state index in [0.717, 1.165) is 50.0 Å². The van der Waals surface area contributed by atoms with Gasteiger partial charge in [-0.15, -0.1) is 0 Å². The van der Waals surface area contributed by atoms with Crippen molar-refractivity contribution in [3.63, 3.8) is 0 Å². The summed E-state index contributed by atoms with van der Waals surface area (Å²) in [4.78, 5) is 29.9. The fraction of sp³-hybridized carbons (Fsp3) is 0.476. The van der Waals surface area contributed by atoms with Crippen LogP contribution < -0.4 is 10.6 Å². The summed E-state index contributed by atoms with van der Waals surface area (Å²) in [7, 11) is 0. The Kier molecular flexibility index (Phi) is 5.94. The molecule has 0 aliphatic carbocycles. The van der Waals surface area contributed by atoms with Crippen LogP contribution in [-0.2, 0) is 19.4 Å². The first kappa shape index (κ1) is 19.1. The van der Waals surface area contributed by atoms with E-state index in [-0.39, 0.29) is 17.9 Å². The summed E-state index contributed by atoms with van der Waals surface area (Å²) in [6.07, 6.45) is 4.57. The highest BCUT2D eigenvalue weighted by atomic mass is 16.2. The van der Waals surface area contributed by atoms with Gasteiger partial charge in [0.05, 0.1) is 5.69 Å². The summed E-state index contributed by atoms with van der Waals surface area (Å²) in [5.41, 5.74) is 3.21. The maximum absolute atomic E-state index is 12.8. The van der Waals surface area contributed by atoms with Gasteiger partial charge in [0.2, 0.25) is 0 Å². The second kappa shape index (κ2) is 8.37. The number of hydrogen-bond acceptors (Lipinski definition) is 3. The Morgan fingerprint density at radius 3 is 2.56 bits per heavy atom. The molecule has 0 radical (unpaired) electrons. The number of nitrogens with one attached hydrogen (secondary N) is 2. The van der Waals surface area contributed by atoms with Crippen molar-refractivity contribution in [1.29, 1.82) is 0 Å². The lowest BCUT2D eigenvalue weighted by Gasteiger charge is -2.17. The lowest BCUT2D eigenvalue weighted by atomic mass is 10.1. The maximum atomic E-state index is 12.8. The summed E-state index contributed by atoms with van der Waals surface area (Å²) in [6, 6.07) is 7.87. The Morgan fingerprint density at radius 1 is 1.15 bits per heavy atom. The van der Waals surface area contributed by atoms with Gasteiger partial charge < -0.3 is 15.2 Å². The van der Waals surface area contributed by atoms with Gasteiger partial charge in [0.15, 0.2) is 5.82 Å². The number of nitrogens with zero attached hydrogens (tertiary/aromatic N) is 2. The molecule has 1 atom stereocenters. The quantitative estimate of drug-likeness (QED) is 0.818. The minimum absolute atomic E-state index is 0.0767. The van der Waals surface area contributed by atoms with E-state index in [9.17, 15) is 9.59 Å².